The van der Waals surface area contributed by atoms with Crippen molar-refractivity contribution in [3.8, 4) is 0 Å². The van der Waals surface area contributed by atoms with Gasteiger partial charge in [-0.15, -0.1) is 0 Å². The molecule has 0 amide bonds. The van der Waals surface area contributed by atoms with E-state index >= 15 is 0 Å². The van der Waals surface area contributed by atoms with Gasteiger partial charge in [0.25, 0.3) is 0 Å². The molecule has 0 saturated heterocycles. The van der Waals surface area contributed by atoms with E-state index in [0.717, 1.165) is 31.0 Å². The molecule has 0 spiro atoms. The Morgan fingerprint density at radius 2 is 1.88 bits per heavy atom. The maximum absolute atomic E-state index is 12.9. The number of hydrogen-bond acceptors (Lipinski definition) is 2. The minimum Gasteiger partial charge on any atom is -0.321 e. The van der Waals surface area contributed by atoms with Crippen molar-refractivity contribution in [2.45, 2.75) is 32.2 Å². The third-order valence-corrected chi connectivity index (χ3v) is 2.35. The standard InChI is InChI=1S/C12H15F2NO/c1-2-3-4-11(15)12(16)8-5-9(13)7-10(14)6-8/h5-7,11H,2-4,15H2,1H3. The number of carbonyl (C=O) groups excluding carboxylic acids is 1. The van der Waals surface area contributed by atoms with Crippen LogP contribution in [0.5, 0.6) is 0 Å². The molecule has 2 N–H and O–H groups in total. The second-order valence-electron chi connectivity index (χ2n) is 3.77. The summed E-state index contributed by atoms with van der Waals surface area (Å²) in [6, 6.07) is 2.07. The smallest absolute Gasteiger partial charge is 0.179 e. The number of ketones is 1. The van der Waals surface area contributed by atoms with Gasteiger partial charge in [-0.2, -0.15) is 0 Å². The fourth-order valence-electron chi connectivity index (χ4n) is 1.47. The molecular formula is C12H15F2NO. The van der Waals surface area contributed by atoms with E-state index < -0.39 is 23.5 Å². The van der Waals surface area contributed by atoms with Gasteiger partial charge in [0.1, 0.15) is 11.6 Å². The quantitative estimate of drug-likeness (QED) is 0.786. The molecule has 1 atom stereocenters. The second kappa shape index (κ2) is 5.70. The van der Waals surface area contributed by atoms with Gasteiger partial charge in [0.2, 0.25) is 0 Å². The van der Waals surface area contributed by atoms with E-state index in [1.807, 2.05) is 6.92 Å². The minimum atomic E-state index is -0.758. The Balaban J connectivity index is 2.79. The predicted molar refractivity (Wildman–Crippen MR) is 58.2 cm³/mol. The Morgan fingerprint density at radius 3 is 2.38 bits per heavy atom. The first-order chi connectivity index (χ1) is 7.54. The van der Waals surface area contributed by atoms with E-state index in [0.29, 0.717) is 6.42 Å². The van der Waals surface area contributed by atoms with Gasteiger partial charge < -0.3 is 5.73 Å². The summed E-state index contributed by atoms with van der Waals surface area (Å²) in [6.07, 6.45) is 2.29. The number of rotatable bonds is 5. The van der Waals surface area contributed by atoms with Crippen LogP contribution in [0.3, 0.4) is 0 Å². The summed E-state index contributed by atoms with van der Waals surface area (Å²) in [5.41, 5.74) is 5.64. The van der Waals surface area contributed by atoms with Crippen LogP contribution in [0, 0.1) is 11.6 Å². The minimum absolute atomic E-state index is 0.00102. The number of unbranched alkanes of at least 4 members (excludes halogenated alkanes) is 1. The summed E-state index contributed by atoms with van der Waals surface area (Å²) in [6.45, 7) is 1.99. The van der Waals surface area contributed by atoms with E-state index in [9.17, 15) is 13.6 Å². The zero-order valence-corrected chi connectivity index (χ0v) is 9.17. The molecule has 0 bridgehead atoms. The average Bonchev–Trinajstić information content (AvgIpc) is 2.23. The maximum Gasteiger partial charge on any atom is 0.179 e. The summed E-state index contributed by atoms with van der Waals surface area (Å²) in [5, 5.41) is 0. The highest BCUT2D eigenvalue weighted by Crippen LogP contribution is 2.12. The highest BCUT2D eigenvalue weighted by Gasteiger charge is 2.16. The lowest BCUT2D eigenvalue weighted by Gasteiger charge is -2.09. The van der Waals surface area contributed by atoms with Crippen molar-refractivity contribution in [2.24, 2.45) is 5.73 Å². The monoisotopic (exact) mass is 227 g/mol. The van der Waals surface area contributed by atoms with Crippen LogP contribution in [0.25, 0.3) is 0 Å². The van der Waals surface area contributed by atoms with Crippen LogP contribution in [0.2, 0.25) is 0 Å². The van der Waals surface area contributed by atoms with Gasteiger partial charge in [0, 0.05) is 11.6 Å². The van der Waals surface area contributed by atoms with Gasteiger partial charge >= 0.3 is 0 Å². The topological polar surface area (TPSA) is 43.1 Å². The van der Waals surface area contributed by atoms with Crippen LogP contribution in [0.1, 0.15) is 36.5 Å². The molecule has 88 valence electrons. The first kappa shape index (κ1) is 12.8. The van der Waals surface area contributed by atoms with E-state index in [1.54, 1.807) is 0 Å². The third-order valence-electron chi connectivity index (χ3n) is 2.35. The molecular weight excluding hydrogens is 212 g/mol. The molecule has 1 rings (SSSR count). The molecule has 0 heterocycles. The Bertz CT molecular complexity index is 359. The van der Waals surface area contributed by atoms with Crippen LogP contribution in [0.4, 0.5) is 8.78 Å². The molecule has 0 aliphatic heterocycles. The summed E-state index contributed by atoms with van der Waals surface area (Å²) in [5.74, 6) is -1.93. The van der Waals surface area contributed by atoms with Gasteiger partial charge in [-0.1, -0.05) is 19.8 Å². The van der Waals surface area contributed by atoms with E-state index in [2.05, 4.69) is 0 Å². The van der Waals surface area contributed by atoms with Gasteiger partial charge in [0.15, 0.2) is 5.78 Å². The first-order valence-electron chi connectivity index (χ1n) is 5.30. The number of carbonyl (C=O) groups is 1. The average molecular weight is 227 g/mol. The Morgan fingerprint density at radius 1 is 1.31 bits per heavy atom. The zero-order valence-electron chi connectivity index (χ0n) is 9.17. The molecule has 16 heavy (non-hydrogen) atoms. The van der Waals surface area contributed by atoms with Crippen molar-refractivity contribution in [2.75, 3.05) is 0 Å². The normalized spacial score (nSPS) is 12.5. The zero-order chi connectivity index (χ0) is 12.1. The summed E-state index contributed by atoms with van der Waals surface area (Å²) in [4.78, 5) is 11.7. The van der Waals surface area contributed by atoms with E-state index in [4.69, 9.17) is 5.73 Å². The summed E-state index contributed by atoms with van der Waals surface area (Å²) < 4.78 is 25.7. The van der Waals surface area contributed by atoms with Crippen molar-refractivity contribution in [3.05, 3.63) is 35.4 Å². The van der Waals surface area contributed by atoms with Crippen molar-refractivity contribution < 1.29 is 13.6 Å². The largest absolute Gasteiger partial charge is 0.321 e. The van der Waals surface area contributed by atoms with Crippen molar-refractivity contribution >= 4 is 5.78 Å². The molecule has 0 saturated carbocycles. The van der Waals surface area contributed by atoms with Crippen molar-refractivity contribution in [3.63, 3.8) is 0 Å². The first-order valence-corrected chi connectivity index (χ1v) is 5.30. The fourth-order valence-corrected chi connectivity index (χ4v) is 1.47. The summed E-state index contributed by atoms with van der Waals surface area (Å²) >= 11 is 0. The fraction of sp³-hybridized carbons (Fsp3) is 0.417. The van der Waals surface area contributed by atoms with Crippen molar-refractivity contribution in [1.82, 2.24) is 0 Å². The lowest BCUT2D eigenvalue weighted by Crippen LogP contribution is -2.30. The Hall–Kier alpha value is -1.29. The van der Waals surface area contributed by atoms with Gasteiger partial charge in [0.05, 0.1) is 6.04 Å². The molecule has 0 aliphatic rings. The molecule has 1 aromatic carbocycles. The van der Waals surface area contributed by atoms with Crippen LogP contribution < -0.4 is 5.73 Å². The molecule has 0 fully saturated rings. The molecule has 1 unspecified atom stereocenters. The van der Waals surface area contributed by atoms with E-state index in [1.165, 1.54) is 0 Å². The van der Waals surface area contributed by atoms with Crippen LogP contribution in [0.15, 0.2) is 18.2 Å². The number of nitrogens with two attached hydrogens (primary N) is 1. The maximum atomic E-state index is 12.9. The third kappa shape index (κ3) is 3.38. The number of halogens is 2. The van der Waals surface area contributed by atoms with Crippen molar-refractivity contribution in [1.29, 1.82) is 0 Å². The van der Waals surface area contributed by atoms with Crippen LogP contribution >= 0.6 is 0 Å². The lowest BCUT2D eigenvalue weighted by molar-refractivity contribution is 0.0955. The highest BCUT2D eigenvalue weighted by atomic mass is 19.1. The molecule has 2 nitrogen and oxygen atoms in total. The number of Topliss-reactive ketones (excluding diaryl/α,β-unsaturated/α-hetero) is 1. The molecule has 0 aliphatic carbocycles. The van der Waals surface area contributed by atoms with Gasteiger partial charge in [-0.25, -0.2) is 8.78 Å². The van der Waals surface area contributed by atoms with Gasteiger partial charge in [-0.05, 0) is 18.6 Å². The molecule has 4 heteroatoms. The highest BCUT2D eigenvalue weighted by molar-refractivity contribution is 5.99. The van der Waals surface area contributed by atoms with Crippen LogP contribution in [-0.4, -0.2) is 11.8 Å². The number of hydrogen-bond donors (Lipinski definition) is 1. The van der Waals surface area contributed by atoms with Gasteiger partial charge in [-0.3, -0.25) is 4.79 Å². The Kier molecular flexibility index (Phi) is 4.55. The molecule has 0 aromatic heterocycles. The van der Waals surface area contributed by atoms with E-state index in [-0.39, 0.29) is 5.56 Å². The lowest BCUT2D eigenvalue weighted by atomic mass is 10.0. The molecule has 1 aromatic rings. The predicted octanol–water partition coefficient (Wildman–Crippen LogP) is 2.67. The summed E-state index contributed by atoms with van der Waals surface area (Å²) in [7, 11) is 0. The SMILES string of the molecule is CCCCC(N)C(=O)c1cc(F)cc(F)c1. The van der Waals surface area contributed by atoms with Crippen LogP contribution in [-0.2, 0) is 0 Å². The molecule has 0 radical (unpaired) electrons. The Labute approximate surface area is 93.5 Å². The number of benzene rings is 1. The second-order valence-corrected chi connectivity index (χ2v) is 3.77.